The SMILES string of the molecule is C=C(/C=C/c1ccc(CC(C)=O)cc1)c1cc(C)ccc1C.CC.CC. The minimum Gasteiger partial charge on any atom is -0.300 e. The van der Waals surface area contributed by atoms with E-state index in [-0.39, 0.29) is 5.78 Å². The van der Waals surface area contributed by atoms with Gasteiger partial charge in [-0.2, -0.15) is 0 Å². The quantitative estimate of drug-likeness (QED) is 0.520. The van der Waals surface area contributed by atoms with Gasteiger partial charge in [-0.1, -0.05) is 94.5 Å². The second-order valence-electron chi connectivity index (χ2n) is 5.80. The zero-order valence-corrected chi connectivity index (χ0v) is 17.5. The van der Waals surface area contributed by atoms with Crippen molar-refractivity contribution in [1.29, 1.82) is 0 Å². The van der Waals surface area contributed by atoms with E-state index in [9.17, 15) is 4.79 Å². The van der Waals surface area contributed by atoms with Crippen LogP contribution in [0.15, 0.2) is 55.1 Å². The molecule has 1 heteroatoms. The predicted molar refractivity (Wildman–Crippen MR) is 118 cm³/mol. The first-order chi connectivity index (χ1) is 12.5. The van der Waals surface area contributed by atoms with Gasteiger partial charge < -0.3 is 0 Å². The van der Waals surface area contributed by atoms with Gasteiger partial charge in [0.25, 0.3) is 0 Å². The first-order valence-corrected chi connectivity index (χ1v) is 9.48. The van der Waals surface area contributed by atoms with Gasteiger partial charge in [-0.05, 0) is 48.6 Å². The van der Waals surface area contributed by atoms with Gasteiger partial charge in [0, 0.05) is 6.42 Å². The highest BCUT2D eigenvalue weighted by molar-refractivity contribution is 5.80. The molecular weight excluding hydrogens is 316 g/mol. The summed E-state index contributed by atoms with van der Waals surface area (Å²) in [4.78, 5) is 11.1. The van der Waals surface area contributed by atoms with Crippen LogP contribution in [0.2, 0.25) is 0 Å². The summed E-state index contributed by atoms with van der Waals surface area (Å²) in [6, 6.07) is 14.5. The lowest BCUT2D eigenvalue weighted by Crippen LogP contribution is -1.95. The minimum atomic E-state index is 0.187. The summed E-state index contributed by atoms with van der Waals surface area (Å²) < 4.78 is 0. The Morgan fingerprint density at radius 2 is 1.54 bits per heavy atom. The zero-order valence-electron chi connectivity index (χ0n) is 17.5. The van der Waals surface area contributed by atoms with Gasteiger partial charge in [0.15, 0.2) is 0 Å². The number of ketones is 1. The molecule has 0 radical (unpaired) electrons. The number of hydrogen-bond acceptors (Lipinski definition) is 1. The molecule has 0 fully saturated rings. The highest BCUT2D eigenvalue weighted by Gasteiger charge is 2.01. The van der Waals surface area contributed by atoms with Crippen LogP contribution in [-0.2, 0) is 11.2 Å². The molecule has 26 heavy (non-hydrogen) atoms. The van der Waals surface area contributed by atoms with Crippen molar-refractivity contribution >= 4 is 17.4 Å². The van der Waals surface area contributed by atoms with E-state index in [0.717, 1.165) is 16.7 Å². The van der Waals surface area contributed by atoms with E-state index in [1.54, 1.807) is 6.92 Å². The van der Waals surface area contributed by atoms with E-state index in [0.29, 0.717) is 6.42 Å². The molecule has 0 saturated heterocycles. The topological polar surface area (TPSA) is 17.1 Å². The summed E-state index contributed by atoms with van der Waals surface area (Å²) in [5, 5.41) is 0. The van der Waals surface area contributed by atoms with Crippen LogP contribution in [0.3, 0.4) is 0 Å². The molecule has 0 heterocycles. The van der Waals surface area contributed by atoms with Gasteiger partial charge in [-0.15, -0.1) is 0 Å². The standard InChI is InChI=1S/C21H22O.2C2H6/c1-15-5-6-16(2)21(13-15)17(3)7-8-19-9-11-20(12-10-19)14-18(4)22;2*1-2/h5-13H,3,14H2,1-2,4H3;2*1-2H3/b8-7+;;. The van der Waals surface area contributed by atoms with E-state index in [1.165, 1.54) is 16.7 Å². The largest absolute Gasteiger partial charge is 0.300 e. The van der Waals surface area contributed by atoms with Crippen LogP contribution in [-0.4, -0.2) is 5.78 Å². The Balaban J connectivity index is 0.00000146. The summed E-state index contributed by atoms with van der Waals surface area (Å²) in [7, 11) is 0. The van der Waals surface area contributed by atoms with Crippen LogP contribution in [0.25, 0.3) is 11.6 Å². The number of benzene rings is 2. The molecule has 140 valence electrons. The molecular formula is C25H34O. The second kappa shape index (κ2) is 12.9. The van der Waals surface area contributed by atoms with Gasteiger partial charge in [0.1, 0.15) is 5.78 Å². The summed E-state index contributed by atoms with van der Waals surface area (Å²) in [5.74, 6) is 0.187. The normalized spacial score (nSPS) is 9.65. The van der Waals surface area contributed by atoms with E-state index in [2.05, 4.69) is 44.7 Å². The van der Waals surface area contributed by atoms with Gasteiger partial charge in [-0.3, -0.25) is 4.79 Å². The number of aryl methyl sites for hydroxylation is 2. The highest BCUT2D eigenvalue weighted by Crippen LogP contribution is 2.21. The lowest BCUT2D eigenvalue weighted by Gasteiger charge is -2.07. The molecule has 0 spiro atoms. The average Bonchev–Trinajstić information content (AvgIpc) is 2.65. The van der Waals surface area contributed by atoms with E-state index >= 15 is 0 Å². The van der Waals surface area contributed by atoms with Gasteiger partial charge in [0.2, 0.25) is 0 Å². The maximum Gasteiger partial charge on any atom is 0.134 e. The third kappa shape index (κ3) is 8.11. The molecule has 0 N–H and O–H groups in total. The van der Waals surface area contributed by atoms with Crippen molar-refractivity contribution in [1.82, 2.24) is 0 Å². The molecule has 0 bridgehead atoms. The highest BCUT2D eigenvalue weighted by atomic mass is 16.1. The molecule has 1 nitrogen and oxygen atoms in total. The third-order valence-electron chi connectivity index (χ3n) is 3.65. The fraction of sp³-hybridized carbons (Fsp3) is 0.320. The average molecular weight is 351 g/mol. The lowest BCUT2D eigenvalue weighted by molar-refractivity contribution is -0.116. The van der Waals surface area contributed by atoms with Crippen molar-refractivity contribution in [3.63, 3.8) is 0 Å². The molecule has 0 amide bonds. The first kappa shape index (κ1) is 23.6. The molecule has 0 aliphatic heterocycles. The van der Waals surface area contributed by atoms with Crippen molar-refractivity contribution in [2.24, 2.45) is 0 Å². The third-order valence-corrected chi connectivity index (χ3v) is 3.65. The fourth-order valence-electron chi connectivity index (χ4n) is 2.40. The summed E-state index contributed by atoms with van der Waals surface area (Å²) in [6.45, 7) is 18.0. The summed E-state index contributed by atoms with van der Waals surface area (Å²) in [5.41, 5.74) is 6.83. The van der Waals surface area contributed by atoms with E-state index in [4.69, 9.17) is 0 Å². The van der Waals surface area contributed by atoms with Crippen LogP contribution < -0.4 is 0 Å². The van der Waals surface area contributed by atoms with Crippen molar-refractivity contribution in [2.75, 3.05) is 0 Å². The summed E-state index contributed by atoms with van der Waals surface area (Å²) in [6.07, 6.45) is 4.60. The van der Waals surface area contributed by atoms with Crippen molar-refractivity contribution < 1.29 is 4.79 Å². The number of hydrogen-bond donors (Lipinski definition) is 0. The van der Waals surface area contributed by atoms with Crippen molar-refractivity contribution in [3.8, 4) is 0 Å². The Bertz CT molecular complexity index is 718. The van der Waals surface area contributed by atoms with Crippen LogP contribution in [0.4, 0.5) is 0 Å². The Labute approximate surface area is 160 Å². The number of carbonyl (C=O) groups is 1. The first-order valence-electron chi connectivity index (χ1n) is 9.48. The summed E-state index contributed by atoms with van der Waals surface area (Å²) >= 11 is 0. The number of Topliss-reactive ketones (excluding diaryl/α,β-unsaturated/α-hetero) is 1. The Kier molecular flexibility index (Phi) is 11.7. The van der Waals surface area contributed by atoms with Gasteiger partial charge >= 0.3 is 0 Å². The van der Waals surface area contributed by atoms with Gasteiger partial charge in [0.05, 0.1) is 0 Å². The molecule has 2 aromatic carbocycles. The van der Waals surface area contributed by atoms with E-state index < -0.39 is 0 Å². The molecule has 2 rings (SSSR count). The van der Waals surface area contributed by atoms with E-state index in [1.807, 2.05) is 58.0 Å². The Morgan fingerprint density at radius 1 is 0.962 bits per heavy atom. The van der Waals surface area contributed by atoms with Crippen molar-refractivity contribution in [2.45, 2.75) is 54.9 Å². The molecule has 0 aliphatic rings. The predicted octanol–water partition coefficient (Wildman–Crippen LogP) is 7.21. The molecule has 0 unspecified atom stereocenters. The Hall–Kier alpha value is -2.41. The maximum absolute atomic E-state index is 11.1. The van der Waals surface area contributed by atoms with Crippen LogP contribution >= 0.6 is 0 Å². The molecule has 2 aromatic rings. The van der Waals surface area contributed by atoms with Crippen molar-refractivity contribution in [3.05, 3.63) is 82.9 Å². The maximum atomic E-state index is 11.1. The second-order valence-corrected chi connectivity index (χ2v) is 5.80. The number of allylic oxidation sites excluding steroid dienone is 2. The minimum absolute atomic E-state index is 0.187. The molecule has 0 saturated carbocycles. The monoisotopic (exact) mass is 350 g/mol. The van der Waals surface area contributed by atoms with Crippen LogP contribution in [0.1, 0.15) is 62.4 Å². The molecule has 0 atom stereocenters. The molecule has 0 aromatic heterocycles. The lowest BCUT2D eigenvalue weighted by atomic mass is 9.98. The zero-order chi connectivity index (χ0) is 20.1. The smallest absolute Gasteiger partial charge is 0.134 e. The fourth-order valence-corrected chi connectivity index (χ4v) is 2.40. The number of rotatable bonds is 5. The number of carbonyl (C=O) groups excluding carboxylic acids is 1. The van der Waals surface area contributed by atoms with Crippen LogP contribution in [0.5, 0.6) is 0 Å². The van der Waals surface area contributed by atoms with Gasteiger partial charge in [-0.25, -0.2) is 0 Å². The Morgan fingerprint density at radius 3 is 2.08 bits per heavy atom. The van der Waals surface area contributed by atoms with Crippen LogP contribution in [0, 0.1) is 13.8 Å². The molecule has 0 aliphatic carbocycles.